The van der Waals surface area contributed by atoms with Crippen molar-refractivity contribution in [2.75, 3.05) is 7.05 Å². The second kappa shape index (κ2) is 4.94. The quantitative estimate of drug-likeness (QED) is 0.868. The van der Waals surface area contributed by atoms with Crippen molar-refractivity contribution in [2.45, 2.75) is 4.90 Å². The number of benzene rings is 1. The Morgan fingerprint density at radius 3 is 2.58 bits per heavy atom. The van der Waals surface area contributed by atoms with Crippen LogP contribution in [0.5, 0.6) is 0 Å². The lowest BCUT2D eigenvalue weighted by molar-refractivity contribution is 0.110. The lowest BCUT2D eigenvalue weighted by Gasteiger charge is -2.05. The van der Waals surface area contributed by atoms with Crippen LogP contribution in [0.15, 0.2) is 39.6 Å². The van der Waals surface area contributed by atoms with E-state index in [0.717, 1.165) is 12.1 Å². The Labute approximate surface area is 109 Å². The van der Waals surface area contributed by atoms with Crippen LogP contribution >= 0.6 is 0 Å². The van der Waals surface area contributed by atoms with Crippen LogP contribution in [0.3, 0.4) is 0 Å². The molecule has 2 rings (SSSR count). The van der Waals surface area contributed by atoms with Crippen molar-refractivity contribution in [3.8, 4) is 11.3 Å². The Balaban J connectivity index is 2.55. The maximum absolute atomic E-state index is 13.5. The normalized spacial score (nSPS) is 11.5. The van der Waals surface area contributed by atoms with E-state index in [1.165, 1.54) is 25.2 Å². The van der Waals surface area contributed by atoms with Crippen LogP contribution in [0.1, 0.15) is 10.6 Å². The highest BCUT2D eigenvalue weighted by molar-refractivity contribution is 7.89. The third-order valence-corrected chi connectivity index (χ3v) is 3.95. The summed E-state index contributed by atoms with van der Waals surface area (Å²) in [4.78, 5) is 10.0. The Morgan fingerprint density at radius 1 is 1.26 bits per heavy atom. The second-order valence-corrected chi connectivity index (χ2v) is 5.53. The lowest BCUT2D eigenvalue weighted by atomic mass is 10.2. The minimum absolute atomic E-state index is 0.109. The number of rotatable bonds is 4. The van der Waals surface area contributed by atoms with Gasteiger partial charge in [-0.3, -0.25) is 4.79 Å². The molecule has 0 bridgehead atoms. The van der Waals surface area contributed by atoms with Crippen LogP contribution in [0.2, 0.25) is 0 Å². The average Bonchev–Trinajstić information content (AvgIpc) is 2.88. The summed E-state index contributed by atoms with van der Waals surface area (Å²) in [7, 11) is -2.70. The van der Waals surface area contributed by atoms with E-state index in [0.29, 0.717) is 11.8 Å². The zero-order chi connectivity index (χ0) is 14.0. The fourth-order valence-corrected chi connectivity index (χ4v) is 2.37. The molecule has 0 spiro atoms. The zero-order valence-corrected chi connectivity index (χ0v) is 10.7. The zero-order valence-electron chi connectivity index (χ0n) is 9.88. The predicted molar refractivity (Wildman–Crippen MR) is 65.7 cm³/mol. The number of halogens is 1. The third-order valence-electron chi connectivity index (χ3n) is 2.52. The predicted octanol–water partition coefficient (Wildman–Crippen LogP) is 1.81. The summed E-state index contributed by atoms with van der Waals surface area (Å²) in [5, 5.41) is 0. The first-order valence-electron chi connectivity index (χ1n) is 5.26. The van der Waals surface area contributed by atoms with Crippen LogP contribution in [-0.4, -0.2) is 21.8 Å². The van der Waals surface area contributed by atoms with Crippen molar-refractivity contribution >= 4 is 16.3 Å². The highest BCUT2D eigenvalue weighted by Crippen LogP contribution is 2.25. The molecule has 0 radical (unpaired) electrons. The summed E-state index contributed by atoms with van der Waals surface area (Å²) in [6, 6.07) is 6.50. The van der Waals surface area contributed by atoms with Crippen LogP contribution in [0.4, 0.5) is 4.39 Å². The fraction of sp³-hybridized carbons (Fsp3) is 0.0833. The Hall–Kier alpha value is -1.99. The number of hydrogen-bond donors (Lipinski definition) is 1. The van der Waals surface area contributed by atoms with Gasteiger partial charge in [0, 0.05) is 5.56 Å². The van der Waals surface area contributed by atoms with Crippen molar-refractivity contribution in [3.63, 3.8) is 0 Å². The molecule has 1 N–H and O–H groups in total. The van der Waals surface area contributed by atoms with E-state index >= 15 is 0 Å². The smallest absolute Gasteiger partial charge is 0.243 e. The number of carbonyl (C=O) groups excluding carboxylic acids is 1. The van der Waals surface area contributed by atoms with Crippen molar-refractivity contribution in [1.82, 2.24) is 4.72 Å². The molecule has 7 heteroatoms. The summed E-state index contributed by atoms with van der Waals surface area (Å²) in [5.74, 6) is -0.465. The van der Waals surface area contributed by atoms with Crippen molar-refractivity contribution in [2.24, 2.45) is 0 Å². The highest BCUT2D eigenvalue weighted by Gasteiger charge is 2.18. The van der Waals surface area contributed by atoms with Gasteiger partial charge < -0.3 is 4.42 Å². The van der Waals surface area contributed by atoms with Gasteiger partial charge in [0.15, 0.2) is 12.0 Å². The van der Waals surface area contributed by atoms with E-state index < -0.39 is 20.7 Å². The van der Waals surface area contributed by atoms with Gasteiger partial charge in [-0.1, -0.05) is 0 Å². The van der Waals surface area contributed by atoms with E-state index in [2.05, 4.69) is 0 Å². The van der Waals surface area contributed by atoms with Gasteiger partial charge in [-0.05, 0) is 37.4 Å². The van der Waals surface area contributed by atoms with E-state index in [4.69, 9.17) is 4.42 Å². The van der Waals surface area contributed by atoms with Crippen LogP contribution < -0.4 is 4.72 Å². The summed E-state index contributed by atoms with van der Waals surface area (Å²) >= 11 is 0. The topological polar surface area (TPSA) is 76.4 Å². The number of aldehydes is 1. The molecule has 19 heavy (non-hydrogen) atoms. The fourth-order valence-electron chi connectivity index (χ4n) is 1.54. The van der Waals surface area contributed by atoms with Gasteiger partial charge >= 0.3 is 0 Å². The second-order valence-electron chi connectivity index (χ2n) is 3.67. The van der Waals surface area contributed by atoms with E-state index in [-0.39, 0.29) is 11.5 Å². The lowest BCUT2D eigenvalue weighted by Crippen LogP contribution is -2.19. The average molecular weight is 283 g/mol. The molecule has 0 amide bonds. The molecule has 2 aromatic rings. The Bertz CT molecular complexity index is 721. The van der Waals surface area contributed by atoms with E-state index in [1.54, 1.807) is 0 Å². The molecule has 0 atom stereocenters. The van der Waals surface area contributed by atoms with Gasteiger partial charge in [0.1, 0.15) is 16.5 Å². The Kier molecular flexibility index (Phi) is 3.50. The molecule has 0 aliphatic carbocycles. The summed E-state index contributed by atoms with van der Waals surface area (Å²) in [5.41, 5.74) is 0.364. The van der Waals surface area contributed by atoms with Crippen LogP contribution in [0.25, 0.3) is 11.3 Å². The first-order valence-corrected chi connectivity index (χ1v) is 6.75. The van der Waals surface area contributed by atoms with Crippen LogP contribution in [0, 0.1) is 5.82 Å². The number of furan rings is 1. The molecule has 0 aliphatic rings. The van der Waals surface area contributed by atoms with Gasteiger partial charge in [0.05, 0.1) is 0 Å². The van der Waals surface area contributed by atoms with Gasteiger partial charge in [-0.2, -0.15) is 0 Å². The molecule has 1 aromatic carbocycles. The molecule has 0 fully saturated rings. The summed E-state index contributed by atoms with van der Waals surface area (Å²) in [6.07, 6.45) is 0.526. The maximum Gasteiger partial charge on any atom is 0.243 e. The number of carbonyl (C=O) groups is 1. The van der Waals surface area contributed by atoms with Gasteiger partial charge in [0.2, 0.25) is 10.0 Å². The SMILES string of the molecule is CNS(=O)(=O)c1cc(-c2ccc(C=O)o2)ccc1F. The minimum atomic E-state index is -3.89. The van der Waals surface area contributed by atoms with Gasteiger partial charge in [-0.15, -0.1) is 0 Å². The standard InChI is InChI=1S/C12H10FNO4S/c1-14-19(16,17)12-6-8(2-4-10(12)13)11-5-3-9(7-15)18-11/h2-7,14H,1H3. The molecule has 0 unspecified atom stereocenters. The largest absolute Gasteiger partial charge is 0.453 e. The summed E-state index contributed by atoms with van der Waals surface area (Å²) in [6.45, 7) is 0. The molecule has 5 nitrogen and oxygen atoms in total. The molecule has 0 saturated carbocycles. The molecule has 1 heterocycles. The number of nitrogens with one attached hydrogen (secondary N) is 1. The minimum Gasteiger partial charge on any atom is -0.453 e. The Morgan fingerprint density at radius 2 is 2.00 bits per heavy atom. The highest BCUT2D eigenvalue weighted by atomic mass is 32.2. The first kappa shape index (κ1) is 13.4. The van der Waals surface area contributed by atoms with E-state index in [1.807, 2.05) is 4.72 Å². The molecular weight excluding hydrogens is 273 g/mol. The third kappa shape index (κ3) is 2.56. The van der Waals surface area contributed by atoms with Crippen molar-refractivity contribution in [1.29, 1.82) is 0 Å². The van der Waals surface area contributed by atoms with Gasteiger partial charge in [0.25, 0.3) is 0 Å². The first-order chi connectivity index (χ1) is 8.97. The van der Waals surface area contributed by atoms with Crippen LogP contribution in [-0.2, 0) is 10.0 Å². The molecule has 100 valence electrons. The van der Waals surface area contributed by atoms with Crippen molar-refractivity contribution < 1.29 is 22.0 Å². The molecule has 1 aromatic heterocycles. The number of hydrogen-bond acceptors (Lipinski definition) is 4. The maximum atomic E-state index is 13.5. The number of sulfonamides is 1. The van der Waals surface area contributed by atoms with E-state index in [9.17, 15) is 17.6 Å². The molecule has 0 saturated heterocycles. The molecule has 0 aliphatic heterocycles. The molecular formula is C12H10FNO4S. The van der Waals surface area contributed by atoms with Gasteiger partial charge in [-0.25, -0.2) is 17.5 Å². The van der Waals surface area contributed by atoms with Crippen molar-refractivity contribution in [3.05, 3.63) is 41.9 Å². The monoisotopic (exact) mass is 283 g/mol. The summed E-state index contributed by atoms with van der Waals surface area (Å²) < 4.78 is 44.0.